The summed E-state index contributed by atoms with van der Waals surface area (Å²) in [4.78, 5) is 16.4. The van der Waals surface area contributed by atoms with Crippen LogP contribution in [0.5, 0.6) is 0 Å². The molecule has 4 atom stereocenters. The van der Waals surface area contributed by atoms with Gasteiger partial charge in [-0.3, -0.25) is 0 Å². The topological polar surface area (TPSA) is 106 Å². The highest BCUT2D eigenvalue weighted by Gasteiger charge is 2.46. The summed E-state index contributed by atoms with van der Waals surface area (Å²) in [6.07, 6.45) is 0.672. The molecule has 3 aromatic rings. The van der Waals surface area contributed by atoms with E-state index < -0.39 is 30.1 Å². The van der Waals surface area contributed by atoms with E-state index in [0.717, 1.165) is 16.7 Å². The van der Waals surface area contributed by atoms with E-state index in [1.54, 1.807) is 26.4 Å². The van der Waals surface area contributed by atoms with Crippen molar-refractivity contribution in [3.05, 3.63) is 107 Å². The summed E-state index contributed by atoms with van der Waals surface area (Å²) in [5, 5.41) is 3.32. The second-order valence-electron chi connectivity index (χ2n) is 14.6. The first-order valence-electron chi connectivity index (χ1n) is 18.8. The maximum absolute atomic E-state index is 14.6. The van der Waals surface area contributed by atoms with Crippen molar-refractivity contribution in [2.75, 3.05) is 74.0 Å². The second-order valence-corrected chi connectivity index (χ2v) is 14.6. The lowest BCUT2D eigenvalue weighted by Crippen LogP contribution is -2.53. The highest BCUT2D eigenvalue weighted by Crippen LogP contribution is 2.40. The molecular formula is C42H57FN2O9. The van der Waals surface area contributed by atoms with E-state index >= 15 is 0 Å². The van der Waals surface area contributed by atoms with Crippen molar-refractivity contribution in [2.45, 2.75) is 69.6 Å². The van der Waals surface area contributed by atoms with E-state index in [1.165, 1.54) is 12.1 Å². The lowest BCUT2D eigenvalue weighted by atomic mass is 9.90. The molecule has 0 bridgehead atoms. The normalized spacial score (nSPS) is 22.5. The third-order valence-corrected chi connectivity index (χ3v) is 9.79. The molecule has 0 spiro atoms. The molecule has 0 aliphatic carbocycles. The highest BCUT2D eigenvalue weighted by molar-refractivity contribution is 5.75. The molecule has 11 nitrogen and oxygen atoms in total. The van der Waals surface area contributed by atoms with Crippen molar-refractivity contribution < 1.29 is 47.1 Å². The van der Waals surface area contributed by atoms with Gasteiger partial charge in [0.1, 0.15) is 31.6 Å². The number of ether oxygens (including phenoxy) is 8. The van der Waals surface area contributed by atoms with Crippen LogP contribution in [0.2, 0.25) is 0 Å². The smallest absolute Gasteiger partial charge is 0.318 e. The number of nitrogens with zero attached hydrogens (tertiary/aromatic N) is 1. The number of benzene rings is 3. The Hall–Kier alpha value is -3.46. The van der Waals surface area contributed by atoms with Gasteiger partial charge in [-0.05, 0) is 42.5 Å². The molecule has 0 saturated carbocycles. The van der Waals surface area contributed by atoms with Crippen molar-refractivity contribution >= 4 is 6.03 Å². The fourth-order valence-corrected chi connectivity index (χ4v) is 6.91. The van der Waals surface area contributed by atoms with E-state index in [-0.39, 0.29) is 30.8 Å². The predicted octanol–water partition coefficient (Wildman–Crippen LogP) is 6.09. The molecular weight excluding hydrogens is 695 g/mol. The van der Waals surface area contributed by atoms with Gasteiger partial charge in [-0.15, -0.1) is 0 Å². The zero-order valence-electron chi connectivity index (χ0n) is 32.1. The number of methoxy groups -OCH3 is 2. The summed E-state index contributed by atoms with van der Waals surface area (Å²) in [7, 11) is 3.23. The number of amides is 2. The van der Waals surface area contributed by atoms with E-state index in [0.29, 0.717) is 71.9 Å². The quantitative estimate of drug-likeness (QED) is 0.102. The fourth-order valence-electron chi connectivity index (χ4n) is 6.91. The maximum atomic E-state index is 14.6. The number of urea groups is 1. The van der Waals surface area contributed by atoms with E-state index in [4.69, 9.17) is 37.9 Å². The van der Waals surface area contributed by atoms with Gasteiger partial charge in [0.2, 0.25) is 0 Å². The first-order valence-corrected chi connectivity index (χ1v) is 18.8. The summed E-state index contributed by atoms with van der Waals surface area (Å²) in [6, 6.07) is 25.1. The van der Waals surface area contributed by atoms with Crippen LogP contribution in [0.3, 0.4) is 0 Å². The average Bonchev–Trinajstić information content (AvgIpc) is 3.26. The lowest BCUT2D eigenvalue weighted by Gasteiger charge is -2.44. The second kappa shape index (κ2) is 21.0. The van der Waals surface area contributed by atoms with E-state index in [1.807, 2.05) is 65.6 Å². The van der Waals surface area contributed by atoms with Crippen LogP contribution in [0.4, 0.5) is 9.18 Å². The van der Waals surface area contributed by atoms with Crippen LogP contribution in [0.15, 0.2) is 84.9 Å². The minimum atomic E-state index is -1.09. The summed E-state index contributed by atoms with van der Waals surface area (Å²) in [5.74, 6) is -1.43. The van der Waals surface area contributed by atoms with Crippen molar-refractivity contribution in [2.24, 2.45) is 5.41 Å². The molecule has 2 amide bonds. The predicted molar refractivity (Wildman–Crippen MR) is 201 cm³/mol. The Kier molecular flexibility index (Phi) is 16.2. The molecule has 3 aromatic carbocycles. The van der Waals surface area contributed by atoms with Gasteiger partial charge >= 0.3 is 6.03 Å². The summed E-state index contributed by atoms with van der Waals surface area (Å²) in [6.45, 7) is 6.92. The van der Waals surface area contributed by atoms with Crippen LogP contribution in [0.1, 0.15) is 43.4 Å². The molecule has 5 rings (SSSR count). The fraction of sp³-hybridized carbons (Fsp3) is 0.548. The third kappa shape index (κ3) is 12.0. The van der Waals surface area contributed by atoms with Gasteiger partial charge in [-0.1, -0.05) is 86.6 Å². The number of hydrogen-bond donors (Lipinski definition) is 1. The van der Waals surface area contributed by atoms with Crippen LogP contribution in [0.25, 0.3) is 0 Å². The van der Waals surface area contributed by atoms with Gasteiger partial charge in [-0.25, -0.2) is 9.18 Å². The first-order chi connectivity index (χ1) is 26.2. The lowest BCUT2D eigenvalue weighted by molar-refractivity contribution is -0.311. The van der Waals surface area contributed by atoms with Crippen LogP contribution < -0.4 is 5.32 Å². The summed E-state index contributed by atoms with van der Waals surface area (Å²) in [5.41, 5.74) is 2.63. The van der Waals surface area contributed by atoms with E-state index in [2.05, 4.69) is 19.2 Å². The molecule has 2 heterocycles. The molecule has 0 aromatic heterocycles. The number of halogens is 1. The van der Waals surface area contributed by atoms with Gasteiger partial charge in [0.15, 0.2) is 5.79 Å². The van der Waals surface area contributed by atoms with Crippen LogP contribution >= 0.6 is 0 Å². The standard InChI is InChI=1S/C42H57FN2O9/c1-41(2)28-53-42(54-29-41,34-16-18-35(43)19-17-34)20-11-21-45-37(27-33-14-9-6-10-15-33)39(52-31-50-25-23-48-4)38(51-30-49-24-22-47-3)36(44-40(45)46)26-32-12-7-5-8-13-32/h5-10,12-19,36-39H,11,20-31H2,1-4H3,(H,44,46)/t36-,37-,38+,39+/m1/s1. The molecule has 1 N–H and O–H groups in total. The molecule has 296 valence electrons. The van der Waals surface area contributed by atoms with Crippen molar-refractivity contribution in [1.29, 1.82) is 0 Å². The van der Waals surface area contributed by atoms with Gasteiger partial charge in [0.25, 0.3) is 0 Å². The van der Waals surface area contributed by atoms with Gasteiger partial charge < -0.3 is 48.1 Å². The Morgan fingerprint density at radius 2 is 1.31 bits per heavy atom. The van der Waals surface area contributed by atoms with E-state index in [9.17, 15) is 9.18 Å². The molecule has 2 aliphatic heterocycles. The van der Waals surface area contributed by atoms with Gasteiger partial charge in [0.05, 0.1) is 51.7 Å². The molecule has 0 unspecified atom stereocenters. The first kappa shape index (κ1) is 41.7. The van der Waals surface area contributed by atoms with Crippen LogP contribution in [0, 0.1) is 11.2 Å². The molecule has 2 saturated heterocycles. The van der Waals surface area contributed by atoms with Gasteiger partial charge in [0, 0.05) is 38.2 Å². The van der Waals surface area contributed by atoms with Crippen LogP contribution in [-0.2, 0) is 56.5 Å². The maximum Gasteiger partial charge on any atom is 0.318 e. The Bertz CT molecular complexity index is 1510. The molecule has 2 fully saturated rings. The van der Waals surface area contributed by atoms with Crippen molar-refractivity contribution in [3.8, 4) is 0 Å². The van der Waals surface area contributed by atoms with Crippen molar-refractivity contribution in [3.63, 3.8) is 0 Å². The Morgan fingerprint density at radius 1 is 0.759 bits per heavy atom. The average molecular weight is 753 g/mol. The molecule has 54 heavy (non-hydrogen) atoms. The third-order valence-electron chi connectivity index (χ3n) is 9.79. The molecule has 12 heteroatoms. The zero-order chi connectivity index (χ0) is 38.2. The Morgan fingerprint density at radius 3 is 1.89 bits per heavy atom. The van der Waals surface area contributed by atoms with Crippen LogP contribution in [-0.4, -0.2) is 109 Å². The zero-order valence-corrected chi connectivity index (χ0v) is 32.1. The number of carbonyl (C=O) groups excluding carboxylic acids is 1. The largest absolute Gasteiger partial charge is 0.382 e. The number of hydrogen-bond acceptors (Lipinski definition) is 9. The van der Waals surface area contributed by atoms with Gasteiger partial charge in [-0.2, -0.15) is 0 Å². The summed E-state index contributed by atoms with van der Waals surface area (Å²) < 4.78 is 62.3. The number of carbonyl (C=O) groups is 1. The Balaban J connectivity index is 1.48. The monoisotopic (exact) mass is 752 g/mol. The minimum Gasteiger partial charge on any atom is -0.382 e. The SMILES string of the molecule is COCCOCO[C@@H]1[C@@H](OCOCCOC)[C@@H](Cc2ccccc2)NC(=O)N(CCCC2(c3ccc(F)cc3)OCC(C)(C)CO2)[C@@H]1Cc1ccccc1. The molecule has 2 aliphatic rings. The Labute approximate surface area is 319 Å². The highest BCUT2D eigenvalue weighted by atomic mass is 19.1. The number of rotatable bonds is 21. The molecule has 0 radical (unpaired) electrons. The minimum absolute atomic E-state index is 0.0249. The summed E-state index contributed by atoms with van der Waals surface area (Å²) >= 11 is 0. The number of nitrogens with one attached hydrogen (secondary N) is 1. The van der Waals surface area contributed by atoms with Crippen molar-refractivity contribution in [1.82, 2.24) is 10.2 Å².